The predicted molar refractivity (Wildman–Crippen MR) is 78.3 cm³/mol. The van der Waals surface area contributed by atoms with Gasteiger partial charge in [0.05, 0.1) is 0 Å². The lowest BCUT2D eigenvalue weighted by molar-refractivity contribution is 0.0190. The summed E-state index contributed by atoms with van der Waals surface area (Å²) in [6, 6.07) is 0.546. The summed E-state index contributed by atoms with van der Waals surface area (Å²) in [5.41, 5.74) is 6.61. The highest BCUT2D eigenvalue weighted by Crippen LogP contribution is 2.33. The van der Waals surface area contributed by atoms with E-state index in [0.29, 0.717) is 11.5 Å². The molecule has 2 N–H and O–H groups in total. The lowest BCUT2D eigenvalue weighted by atomic mass is 9.80. The molecule has 0 aromatic rings. The summed E-state index contributed by atoms with van der Waals surface area (Å²) in [5, 5.41) is 0. The molecule has 0 radical (unpaired) electrons. The molecule has 0 aliphatic carbocycles. The van der Waals surface area contributed by atoms with Gasteiger partial charge in [-0.15, -0.1) is 0 Å². The van der Waals surface area contributed by atoms with Gasteiger partial charge in [-0.1, -0.05) is 47.5 Å². The van der Waals surface area contributed by atoms with Gasteiger partial charge in [0, 0.05) is 18.1 Å². The summed E-state index contributed by atoms with van der Waals surface area (Å²) < 4.78 is 0. The number of hydrogen-bond donors (Lipinski definition) is 1. The average molecular weight is 242 g/mol. The Morgan fingerprint density at radius 3 is 1.71 bits per heavy atom. The van der Waals surface area contributed by atoms with Crippen molar-refractivity contribution in [3.8, 4) is 0 Å². The second-order valence-corrected chi connectivity index (χ2v) is 6.58. The molecule has 0 aliphatic heterocycles. The monoisotopic (exact) mass is 242 g/mol. The Labute approximate surface area is 109 Å². The van der Waals surface area contributed by atoms with Crippen LogP contribution in [0.2, 0.25) is 0 Å². The van der Waals surface area contributed by atoms with Crippen LogP contribution >= 0.6 is 0 Å². The van der Waals surface area contributed by atoms with Gasteiger partial charge in [0.1, 0.15) is 0 Å². The third-order valence-corrected chi connectivity index (χ3v) is 4.39. The molecule has 0 aliphatic rings. The standard InChI is InChI=1S/C15H34N2/c1-8-10-15(12-16,11-9-2)17(7)13(3)14(4,5)6/h13H,8-12,16H2,1-7H3. The fourth-order valence-corrected chi connectivity index (χ4v) is 2.75. The van der Waals surface area contributed by atoms with Crippen LogP contribution in [0.15, 0.2) is 0 Å². The Morgan fingerprint density at radius 2 is 1.47 bits per heavy atom. The molecule has 0 bridgehead atoms. The molecule has 0 heterocycles. The largest absolute Gasteiger partial charge is 0.329 e. The lowest BCUT2D eigenvalue weighted by Gasteiger charge is -2.48. The molecule has 0 aromatic carbocycles. The maximum Gasteiger partial charge on any atom is 0.0331 e. The van der Waals surface area contributed by atoms with Gasteiger partial charge in [0.2, 0.25) is 0 Å². The summed E-state index contributed by atoms with van der Waals surface area (Å²) in [7, 11) is 2.26. The van der Waals surface area contributed by atoms with Gasteiger partial charge in [-0.05, 0) is 32.2 Å². The average Bonchev–Trinajstić information content (AvgIpc) is 2.25. The van der Waals surface area contributed by atoms with E-state index in [9.17, 15) is 0 Å². The van der Waals surface area contributed by atoms with E-state index in [1.165, 1.54) is 25.7 Å². The molecule has 0 spiro atoms. The molecule has 0 aromatic heterocycles. The van der Waals surface area contributed by atoms with Crippen LogP contribution in [-0.2, 0) is 0 Å². The van der Waals surface area contributed by atoms with Crippen LogP contribution in [0, 0.1) is 5.41 Å². The smallest absolute Gasteiger partial charge is 0.0331 e. The number of hydrogen-bond acceptors (Lipinski definition) is 2. The van der Waals surface area contributed by atoms with E-state index in [4.69, 9.17) is 5.73 Å². The Bertz CT molecular complexity index is 199. The summed E-state index contributed by atoms with van der Waals surface area (Å²) in [6.07, 6.45) is 4.82. The third-order valence-electron chi connectivity index (χ3n) is 4.39. The van der Waals surface area contributed by atoms with Crippen LogP contribution < -0.4 is 5.73 Å². The van der Waals surface area contributed by atoms with E-state index >= 15 is 0 Å². The van der Waals surface area contributed by atoms with Crippen molar-refractivity contribution in [1.82, 2.24) is 4.90 Å². The summed E-state index contributed by atoms with van der Waals surface area (Å²) >= 11 is 0. The van der Waals surface area contributed by atoms with Crippen molar-refractivity contribution in [3.05, 3.63) is 0 Å². The van der Waals surface area contributed by atoms with Crippen LogP contribution in [0.25, 0.3) is 0 Å². The molecule has 17 heavy (non-hydrogen) atoms. The molecule has 0 rings (SSSR count). The Balaban J connectivity index is 5.02. The SMILES string of the molecule is CCCC(CN)(CCC)N(C)C(C)C(C)(C)C. The minimum atomic E-state index is 0.191. The van der Waals surface area contributed by atoms with Gasteiger partial charge in [-0.25, -0.2) is 0 Å². The van der Waals surface area contributed by atoms with Gasteiger partial charge < -0.3 is 5.73 Å². The molecule has 1 atom stereocenters. The first kappa shape index (κ1) is 16.9. The van der Waals surface area contributed by atoms with Crippen LogP contribution in [0.3, 0.4) is 0 Å². The summed E-state index contributed by atoms with van der Waals surface area (Å²) in [6.45, 7) is 14.6. The number of rotatable bonds is 7. The molecule has 2 nitrogen and oxygen atoms in total. The van der Waals surface area contributed by atoms with E-state index in [-0.39, 0.29) is 5.54 Å². The van der Waals surface area contributed by atoms with E-state index in [2.05, 4.69) is 53.5 Å². The first-order valence-electron chi connectivity index (χ1n) is 7.18. The minimum absolute atomic E-state index is 0.191. The predicted octanol–water partition coefficient (Wildman–Crippen LogP) is 3.65. The third kappa shape index (κ3) is 4.26. The summed E-state index contributed by atoms with van der Waals surface area (Å²) in [5.74, 6) is 0. The zero-order valence-electron chi connectivity index (χ0n) is 13.1. The molecule has 0 amide bonds. The molecule has 2 heteroatoms. The van der Waals surface area contributed by atoms with Gasteiger partial charge in [-0.3, -0.25) is 4.90 Å². The zero-order chi connectivity index (χ0) is 13.7. The zero-order valence-corrected chi connectivity index (χ0v) is 13.1. The molecule has 0 saturated carbocycles. The van der Waals surface area contributed by atoms with Crippen LogP contribution in [-0.4, -0.2) is 30.1 Å². The van der Waals surface area contributed by atoms with E-state index < -0.39 is 0 Å². The molecular formula is C15H34N2. The maximum absolute atomic E-state index is 6.12. The second-order valence-electron chi connectivity index (χ2n) is 6.58. The normalized spacial score (nSPS) is 15.4. The van der Waals surface area contributed by atoms with E-state index in [1.807, 2.05) is 0 Å². The number of likely N-dealkylation sites (N-methyl/N-ethyl adjacent to an activating group) is 1. The van der Waals surface area contributed by atoms with E-state index in [0.717, 1.165) is 6.54 Å². The number of nitrogens with two attached hydrogens (primary N) is 1. The van der Waals surface area contributed by atoms with Crippen molar-refractivity contribution in [2.75, 3.05) is 13.6 Å². The minimum Gasteiger partial charge on any atom is -0.329 e. The lowest BCUT2D eigenvalue weighted by Crippen LogP contribution is -2.58. The Hall–Kier alpha value is -0.0800. The van der Waals surface area contributed by atoms with Crippen molar-refractivity contribution >= 4 is 0 Å². The molecular weight excluding hydrogens is 208 g/mol. The van der Waals surface area contributed by atoms with Crippen molar-refractivity contribution in [1.29, 1.82) is 0 Å². The first-order valence-corrected chi connectivity index (χ1v) is 7.18. The van der Waals surface area contributed by atoms with Gasteiger partial charge in [-0.2, -0.15) is 0 Å². The highest BCUT2D eigenvalue weighted by Gasteiger charge is 2.37. The molecule has 0 saturated heterocycles. The Kier molecular flexibility index (Phi) is 6.71. The fraction of sp³-hybridized carbons (Fsp3) is 1.00. The van der Waals surface area contributed by atoms with Crippen molar-refractivity contribution in [2.45, 2.75) is 78.8 Å². The topological polar surface area (TPSA) is 29.3 Å². The molecule has 1 unspecified atom stereocenters. The highest BCUT2D eigenvalue weighted by atomic mass is 15.2. The van der Waals surface area contributed by atoms with Crippen molar-refractivity contribution in [3.63, 3.8) is 0 Å². The quantitative estimate of drug-likeness (QED) is 0.738. The van der Waals surface area contributed by atoms with Gasteiger partial charge >= 0.3 is 0 Å². The fourth-order valence-electron chi connectivity index (χ4n) is 2.75. The van der Waals surface area contributed by atoms with Gasteiger partial charge in [0.15, 0.2) is 0 Å². The Morgan fingerprint density at radius 1 is 1.06 bits per heavy atom. The van der Waals surface area contributed by atoms with Crippen LogP contribution in [0.4, 0.5) is 0 Å². The molecule has 104 valence electrons. The van der Waals surface area contributed by atoms with Crippen LogP contribution in [0.5, 0.6) is 0 Å². The van der Waals surface area contributed by atoms with Crippen molar-refractivity contribution in [2.24, 2.45) is 11.1 Å². The van der Waals surface area contributed by atoms with Gasteiger partial charge in [0.25, 0.3) is 0 Å². The van der Waals surface area contributed by atoms with E-state index in [1.54, 1.807) is 0 Å². The van der Waals surface area contributed by atoms with Crippen LogP contribution in [0.1, 0.15) is 67.2 Å². The first-order chi connectivity index (χ1) is 7.75. The number of nitrogens with zero attached hydrogens (tertiary/aromatic N) is 1. The maximum atomic E-state index is 6.12. The molecule has 0 fully saturated rings. The highest BCUT2D eigenvalue weighted by molar-refractivity contribution is 4.94. The van der Waals surface area contributed by atoms with Crippen molar-refractivity contribution < 1.29 is 0 Å². The second kappa shape index (κ2) is 6.75. The summed E-state index contributed by atoms with van der Waals surface area (Å²) in [4.78, 5) is 2.54.